The van der Waals surface area contributed by atoms with Crippen LogP contribution in [0.1, 0.15) is 17.5 Å². The molecule has 14 heavy (non-hydrogen) atoms. The van der Waals surface area contributed by atoms with Gasteiger partial charge in [-0.1, -0.05) is 22.0 Å². The first-order chi connectivity index (χ1) is 6.35. The summed E-state index contributed by atoms with van der Waals surface area (Å²) in [5.74, 6) is -2.75. The Kier molecular flexibility index (Phi) is 1.98. The summed E-state index contributed by atoms with van der Waals surface area (Å²) in [4.78, 5) is 0. The van der Waals surface area contributed by atoms with Gasteiger partial charge in [-0.15, -0.1) is 0 Å². The monoisotopic (exact) mass is 261 g/mol. The number of alkyl halides is 2. The summed E-state index contributed by atoms with van der Waals surface area (Å²) in [5.41, 5.74) is 5.61. The van der Waals surface area contributed by atoms with E-state index in [4.69, 9.17) is 5.73 Å². The van der Waals surface area contributed by atoms with Crippen LogP contribution in [0.15, 0.2) is 22.7 Å². The third kappa shape index (κ3) is 1.37. The van der Waals surface area contributed by atoms with Gasteiger partial charge in [0, 0.05) is 10.9 Å². The van der Waals surface area contributed by atoms with Crippen LogP contribution in [0.5, 0.6) is 0 Å². The van der Waals surface area contributed by atoms with Gasteiger partial charge in [-0.25, -0.2) is 8.78 Å². The molecule has 4 heteroatoms. The lowest BCUT2D eigenvalue weighted by Gasteiger charge is -2.12. The highest BCUT2D eigenvalue weighted by Gasteiger charge is 2.69. The Morgan fingerprint density at radius 3 is 2.36 bits per heavy atom. The molecule has 1 nitrogen and oxygen atoms in total. The molecule has 0 radical (unpaired) electrons. The molecule has 1 unspecified atom stereocenters. The molecule has 76 valence electrons. The van der Waals surface area contributed by atoms with Gasteiger partial charge in [0.2, 0.25) is 0 Å². The molecule has 0 spiro atoms. The van der Waals surface area contributed by atoms with Crippen molar-refractivity contribution in [1.29, 1.82) is 0 Å². The number of halogens is 3. The molecule has 1 fully saturated rings. The molecule has 1 aliphatic rings. The Bertz CT molecular complexity index is 371. The predicted octanol–water partition coefficient (Wildman–Crippen LogP) is 2.95. The molecule has 1 saturated carbocycles. The number of aryl methyl sites for hydroxylation is 1. The smallest absolute Gasteiger partial charge is 0.272 e. The molecular formula is C10H10BrF2N. The summed E-state index contributed by atoms with van der Waals surface area (Å²) >= 11 is 3.27. The van der Waals surface area contributed by atoms with Gasteiger partial charge >= 0.3 is 0 Å². The Morgan fingerprint density at radius 2 is 1.93 bits per heavy atom. The van der Waals surface area contributed by atoms with E-state index in [1.165, 1.54) is 0 Å². The quantitative estimate of drug-likeness (QED) is 0.827. The van der Waals surface area contributed by atoms with Crippen molar-refractivity contribution >= 4 is 15.9 Å². The number of hydrogen-bond donors (Lipinski definition) is 1. The van der Waals surface area contributed by atoms with Gasteiger partial charge in [0.25, 0.3) is 5.92 Å². The van der Waals surface area contributed by atoms with Gasteiger partial charge in [0.1, 0.15) is 5.54 Å². The van der Waals surface area contributed by atoms with Crippen LogP contribution >= 0.6 is 15.9 Å². The first-order valence-electron chi connectivity index (χ1n) is 4.29. The second kappa shape index (κ2) is 2.76. The number of nitrogens with two attached hydrogens (primary N) is 1. The average molecular weight is 262 g/mol. The van der Waals surface area contributed by atoms with Gasteiger partial charge in [0.15, 0.2) is 0 Å². The lowest BCUT2D eigenvalue weighted by molar-refractivity contribution is 0.0891. The van der Waals surface area contributed by atoms with Crippen LogP contribution in [-0.2, 0) is 5.54 Å². The fourth-order valence-corrected chi connectivity index (χ4v) is 2.22. The lowest BCUT2D eigenvalue weighted by Crippen LogP contribution is -2.27. The van der Waals surface area contributed by atoms with E-state index in [9.17, 15) is 8.78 Å². The van der Waals surface area contributed by atoms with E-state index in [0.29, 0.717) is 5.56 Å². The zero-order valence-electron chi connectivity index (χ0n) is 7.65. The zero-order valence-corrected chi connectivity index (χ0v) is 9.24. The summed E-state index contributed by atoms with van der Waals surface area (Å²) in [6, 6.07) is 5.24. The van der Waals surface area contributed by atoms with Crippen LogP contribution < -0.4 is 5.73 Å². The number of rotatable bonds is 1. The van der Waals surface area contributed by atoms with E-state index in [-0.39, 0.29) is 6.42 Å². The van der Waals surface area contributed by atoms with E-state index in [1.807, 2.05) is 13.0 Å². The standard InChI is InChI=1S/C10H10BrF2N/c1-6-2-7(4-8(11)3-6)9(14)5-10(9,12)13/h2-4H,5,14H2,1H3. The Morgan fingerprint density at radius 1 is 1.36 bits per heavy atom. The minimum Gasteiger partial charge on any atom is -0.316 e. The van der Waals surface area contributed by atoms with Crippen molar-refractivity contribution in [3.63, 3.8) is 0 Å². The van der Waals surface area contributed by atoms with Crippen LogP contribution in [0.3, 0.4) is 0 Å². The molecule has 0 aliphatic heterocycles. The van der Waals surface area contributed by atoms with Crippen LogP contribution in [0.4, 0.5) is 8.78 Å². The minimum absolute atomic E-state index is 0.254. The van der Waals surface area contributed by atoms with Gasteiger partial charge in [-0.05, 0) is 30.2 Å². The van der Waals surface area contributed by atoms with Crippen molar-refractivity contribution in [2.75, 3.05) is 0 Å². The highest BCUT2D eigenvalue weighted by atomic mass is 79.9. The van der Waals surface area contributed by atoms with E-state index in [2.05, 4.69) is 15.9 Å². The SMILES string of the molecule is Cc1cc(Br)cc(C2(N)CC2(F)F)c1. The third-order valence-corrected chi connectivity index (χ3v) is 3.04. The Hall–Kier alpha value is -0.480. The van der Waals surface area contributed by atoms with Gasteiger partial charge in [-0.3, -0.25) is 0 Å². The number of benzene rings is 1. The van der Waals surface area contributed by atoms with Crippen LogP contribution in [-0.4, -0.2) is 5.92 Å². The molecule has 2 rings (SSSR count). The maximum atomic E-state index is 13.0. The molecule has 0 bridgehead atoms. The van der Waals surface area contributed by atoms with Gasteiger partial charge in [0.05, 0.1) is 0 Å². The van der Waals surface area contributed by atoms with E-state index in [0.717, 1.165) is 10.0 Å². The average Bonchev–Trinajstić information content (AvgIpc) is 2.50. The summed E-state index contributed by atoms with van der Waals surface area (Å²) < 4.78 is 26.8. The summed E-state index contributed by atoms with van der Waals surface area (Å²) in [6.45, 7) is 1.86. The maximum absolute atomic E-state index is 13.0. The summed E-state index contributed by atoms with van der Waals surface area (Å²) in [5, 5.41) is 0. The molecule has 1 aromatic rings. The third-order valence-electron chi connectivity index (χ3n) is 2.59. The highest BCUT2D eigenvalue weighted by Crippen LogP contribution is 2.57. The first-order valence-corrected chi connectivity index (χ1v) is 5.09. The topological polar surface area (TPSA) is 26.0 Å². The summed E-state index contributed by atoms with van der Waals surface area (Å²) in [6.07, 6.45) is -0.254. The second-order valence-electron chi connectivity index (χ2n) is 3.87. The summed E-state index contributed by atoms with van der Waals surface area (Å²) in [7, 11) is 0. The minimum atomic E-state index is -2.75. The molecule has 1 aromatic carbocycles. The molecule has 2 N–H and O–H groups in total. The predicted molar refractivity (Wildman–Crippen MR) is 54.3 cm³/mol. The largest absolute Gasteiger partial charge is 0.316 e. The second-order valence-corrected chi connectivity index (χ2v) is 4.79. The van der Waals surface area contributed by atoms with E-state index >= 15 is 0 Å². The van der Waals surface area contributed by atoms with Crippen LogP contribution in [0.2, 0.25) is 0 Å². The molecular weight excluding hydrogens is 252 g/mol. The maximum Gasteiger partial charge on any atom is 0.272 e. The molecule has 0 amide bonds. The fraction of sp³-hybridized carbons (Fsp3) is 0.400. The normalized spacial score (nSPS) is 28.9. The lowest BCUT2D eigenvalue weighted by atomic mass is 10.0. The molecule has 1 aliphatic carbocycles. The number of hydrogen-bond acceptors (Lipinski definition) is 1. The van der Waals surface area contributed by atoms with Crippen molar-refractivity contribution < 1.29 is 8.78 Å². The highest BCUT2D eigenvalue weighted by molar-refractivity contribution is 9.10. The van der Waals surface area contributed by atoms with Crippen molar-refractivity contribution in [3.8, 4) is 0 Å². The van der Waals surface area contributed by atoms with Gasteiger partial charge < -0.3 is 5.73 Å². The van der Waals surface area contributed by atoms with Crippen molar-refractivity contribution in [2.24, 2.45) is 5.73 Å². The molecule has 0 aromatic heterocycles. The molecule has 1 atom stereocenters. The first kappa shape index (κ1) is 10.1. The Labute approximate surface area is 89.4 Å². The van der Waals surface area contributed by atoms with E-state index < -0.39 is 11.5 Å². The van der Waals surface area contributed by atoms with Crippen molar-refractivity contribution in [3.05, 3.63) is 33.8 Å². The van der Waals surface area contributed by atoms with Crippen molar-refractivity contribution in [1.82, 2.24) is 0 Å². The zero-order chi connectivity index (χ0) is 10.6. The van der Waals surface area contributed by atoms with Gasteiger partial charge in [-0.2, -0.15) is 0 Å². The fourth-order valence-electron chi connectivity index (χ4n) is 1.61. The molecule has 0 saturated heterocycles. The molecule has 0 heterocycles. The Balaban J connectivity index is 2.44. The van der Waals surface area contributed by atoms with Crippen LogP contribution in [0.25, 0.3) is 0 Å². The van der Waals surface area contributed by atoms with Crippen molar-refractivity contribution in [2.45, 2.75) is 24.8 Å². The van der Waals surface area contributed by atoms with Crippen LogP contribution in [0, 0.1) is 6.92 Å². The van der Waals surface area contributed by atoms with E-state index in [1.54, 1.807) is 12.1 Å².